The molecule has 4 aromatic carbocycles. The minimum atomic E-state index is 0.923. The Morgan fingerprint density at radius 1 is 0.593 bits per heavy atom. The summed E-state index contributed by atoms with van der Waals surface area (Å²) in [5.74, 6) is 0. The first-order valence-corrected chi connectivity index (χ1v) is 9.70. The maximum atomic E-state index is 6.14. The lowest BCUT2D eigenvalue weighted by Crippen LogP contribution is -1.92. The molecule has 0 N–H and O–H groups in total. The normalized spacial score (nSPS) is 11.9. The molecule has 27 heavy (non-hydrogen) atoms. The average molecular weight is 412 g/mol. The van der Waals surface area contributed by atoms with E-state index in [1.165, 1.54) is 27.2 Å². The van der Waals surface area contributed by atoms with Gasteiger partial charge in [0.2, 0.25) is 0 Å². The van der Waals surface area contributed by atoms with Crippen LogP contribution in [0.4, 0.5) is 0 Å². The second-order valence-corrected chi connectivity index (χ2v) is 7.59. The van der Waals surface area contributed by atoms with Gasteiger partial charge in [0.25, 0.3) is 0 Å². The predicted octanol–water partition coefficient (Wildman–Crippen LogP) is 7.45. The highest BCUT2D eigenvalue weighted by Gasteiger charge is 2.19. The topological polar surface area (TPSA) is 18.1 Å². The first-order valence-electron chi connectivity index (χ1n) is 8.91. The summed E-state index contributed by atoms with van der Waals surface area (Å²) in [4.78, 5) is 0. The van der Waals surface area contributed by atoms with Crippen LogP contribution in [-0.2, 0) is 0 Å². The van der Waals surface area contributed by atoms with Crippen molar-refractivity contribution in [1.29, 1.82) is 0 Å². The maximum Gasteiger partial charge on any atom is 0.136 e. The van der Waals surface area contributed by atoms with Gasteiger partial charge in [0, 0.05) is 31.7 Å². The molecule has 0 saturated heterocycles. The molecule has 0 amide bonds. The fraction of sp³-hybridized carbons (Fsp3) is 0. The summed E-state index contributed by atoms with van der Waals surface area (Å²) in [6, 6.07) is 29.4. The number of furan rings is 1. The van der Waals surface area contributed by atoms with E-state index in [2.05, 4.69) is 93.3 Å². The van der Waals surface area contributed by atoms with Crippen LogP contribution < -0.4 is 0 Å². The van der Waals surface area contributed by atoms with Crippen molar-refractivity contribution < 1.29 is 4.42 Å². The van der Waals surface area contributed by atoms with Crippen molar-refractivity contribution in [1.82, 2.24) is 4.57 Å². The molecule has 0 aliphatic carbocycles. The Balaban J connectivity index is 1.95. The number of fused-ring (bicyclic) bond motifs is 7. The Morgan fingerprint density at radius 2 is 1.37 bits per heavy atom. The third-order valence-electron chi connectivity index (χ3n) is 5.26. The number of aromatic nitrogens is 1. The quantitative estimate of drug-likeness (QED) is 0.274. The molecule has 128 valence electrons. The molecule has 0 saturated carbocycles. The number of benzene rings is 4. The van der Waals surface area contributed by atoms with Crippen LogP contribution >= 0.6 is 15.9 Å². The van der Waals surface area contributed by atoms with E-state index in [-0.39, 0.29) is 0 Å². The molecule has 0 aliphatic rings. The molecule has 0 aliphatic heterocycles. The fourth-order valence-corrected chi connectivity index (χ4v) is 4.73. The number of hydrogen-bond acceptors (Lipinski definition) is 1. The van der Waals surface area contributed by atoms with Gasteiger partial charge in [-0.15, -0.1) is 0 Å². The monoisotopic (exact) mass is 411 g/mol. The highest BCUT2D eigenvalue weighted by atomic mass is 79.9. The molecule has 2 aromatic heterocycles. The van der Waals surface area contributed by atoms with Crippen molar-refractivity contribution in [3.8, 4) is 5.69 Å². The third-order valence-corrected chi connectivity index (χ3v) is 5.92. The van der Waals surface area contributed by atoms with Crippen molar-refractivity contribution in [3.63, 3.8) is 0 Å². The molecule has 0 bridgehead atoms. The molecule has 6 aromatic rings. The highest BCUT2D eigenvalue weighted by molar-refractivity contribution is 9.10. The van der Waals surface area contributed by atoms with Crippen molar-refractivity contribution in [2.75, 3.05) is 0 Å². The third kappa shape index (κ3) is 2.00. The summed E-state index contributed by atoms with van der Waals surface area (Å²) in [6.07, 6.45) is 0. The van der Waals surface area contributed by atoms with E-state index >= 15 is 0 Å². The van der Waals surface area contributed by atoms with Gasteiger partial charge in [0.15, 0.2) is 0 Å². The summed E-state index contributed by atoms with van der Waals surface area (Å²) in [7, 11) is 0. The van der Waals surface area contributed by atoms with Gasteiger partial charge in [-0.05, 0) is 42.5 Å². The van der Waals surface area contributed by atoms with E-state index in [4.69, 9.17) is 4.42 Å². The first kappa shape index (κ1) is 15.1. The van der Waals surface area contributed by atoms with Gasteiger partial charge >= 0.3 is 0 Å². The Labute approximate surface area is 163 Å². The molecular formula is C24H14BrNO. The number of hydrogen-bond donors (Lipinski definition) is 0. The van der Waals surface area contributed by atoms with E-state index in [1.807, 2.05) is 12.1 Å². The molecule has 0 radical (unpaired) electrons. The van der Waals surface area contributed by atoms with Crippen LogP contribution in [-0.4, -0.2) is 4.57 Å². The lowest BCUT2D eigenvalue weighted by molar-refractivity contribution is 0.669. The molecule has 0 spiro atoms. The smallest absolute Gasteiger partial charge is 0.136 e. The average Bonchev–Trinajstić information content (AvgIpc) is 3.24. The molecular weight excluding hydrogens is 398 g/mol. The van der Waals surface area contributed by atoms with Crippen molar-refractivity contribution in [2.24, 2.45) is 0 Å². The summed E-state index contributed by atoms with van der Waals surface area (Å²) in [6.45, 7) is 0. The van der Waals surface area contributed by atoms with Crippen LogP contribution in [0.1, 0.15) is 0 Å². The highest BCUT2D eigenvalue weighted by Crippen LogP contribution is 2.43. The van der Waals surface area contributed by atoms with Gasteiger partial charge in [0.1, 0.15) is 11.2 Å². The predicted molar refractivity (Wildman–Crippen MR) is 116 cm³/mol. The zero-order valence-electron chi connectivity index (χ0n) is 14.3. The largest absolute Gasteiger partial charge is 0.456 e. The molecule has 0 fully saturated rings. The van der Waals surface area contributed by atoms with E-state index in [0.717, 1.165) is 26.7 Å². The Morgan fingerprint density at radius 3 is 2.26 bits per heavy atom. The van der Waals surface area contributed by atoms with Crippen LogP contribution in [0.3, 0.4) is 0 Å². The second-order valence-electron chi connectivity index (χ2n) is 6.74. The molecule has 0 unspecified atom stereocenters. The standard InChI is InChI=1S/C24H14BrNO/c25-17-10-6-11-18-23(17)24-19(26(18)15-7-2-1-3-8-15)13-14-21-22(24)16-9-4-5-12-20(16)27-21/h1-14H. The lowest BCUT2D eigenvalue weighted by Gasteiger charge is -2.07. The van der Waals surface area contributed by atoms with Gasteiger partial charge in [-0.2, -0.15) is 0 Å². The number of para-hydroxylation sites is 2. The van der Waals surface area contributed by atoms with Crippen molar-refractivity contribution in [3.05, 3.63) is 89.4 Å². The number of halogens is 1. The van der Waals surface area contributed by atoms with Crippen LogP contribution in [0.5, 0.6) is 0 Å². The van der Waals surface area contributed by atoms with E-state index in [1.54, 1.807) is 0 Å². The number of nitrogens with zero attached hydrogens (tertiary/aromatic N) is 1. The minimum absolute atomic E-state index is 0.923. The lowest BCUT2D eigenvalue weighted by atomic mass is 10.1. The maximum absolute atomic E-state index is 6.14. The van der Waals surface area contributed by atoms with Crippen molar-refractivity contribution >= 4 is 59.7 Å². The summed E-state index contributed by atoms with van der Waals surface area (Å²) < 4.78 is 9.56. The molecule has 0 atom stereocenters. The number of rotatable bonds is 1. The van der Waals surface area contributed by atoms with Crippen molar-refractivity contribution in [2.45, 2.75) is 0 Å². The van der Waals surface area contributed by atoms with Crippen LogP contribution in [0.2, 0.25) is 0 Å². The van der Waals surface area contributed by atoms with E-state index in [0.29, 0.717) is 0 Å². The first-order chi connectivity index (χ1) is 13.3. The molecule has 6 rings (SSSR count). The van der Waals surface area contributed by atoms with E-state index < -0.39 is 0 Å². The molecule has 3 heteroatoms. The summed E-state index contributed by atoms with van der Waals surface area (Å²) in [5, 5.41) is 4.77. The SMILES string of the molecule is Brc1cccc2c1c1c3c(ccc1n2-c1ccccc1)oc1ccccc13. The van der Waals surface area contributed by atoms with Gasteiger partial charge in [-0.1, -0.05) is 58.4 Å². The molecule has 2 nitrogen and oxygen atoms in total. The Bertz CT molecular complexity index is 1470. The van der Waals surface area contributed by atoms with Gasteiger partial charge < -0.3 is 8.98 Å². The van der Waals surface area contributed by atoms with Gasteiger partial charge in [-0.25, -0.2) is 0 Å². The second kappa shape index (κ2) is 5.48. The summed E-state index contributed by atoms with van der Waals surface area (Å²) in [5.41, 5.74) is 5.37. The Hall–Kier alpha value is -3.04. The minimum Gasteiger partial charge on any atom is -0.456 e. The fourth-order valence-electron chi connectivity index (χ4n) is 4.18. The molecule has 2 heterocycles. The van der Waals surface area contributed by atoms with Crippen LogP contribution in [0.25, 0.3) is 49.4 Å². The van der Waals surface area contributed by atoms with Crippen LogP contribution in [0, 0.1) is 0 Å². The van der Waals surface area contributed by atoms with Gasteiger partial charge in [-0.3, -0.25) is 0 Å². The van der Waals surface area contributed by atoms with Gasteiger partial charge in [0.05, 0.1) is 11.0 Å². The van der Waals surface area contributed by atoms with Crippen LogP contribution in [0.15, 0.2) is 93.8 Å². The zero-order valence-corrected chi connectivity index (χ0v) is 15.9. The summed E-state index contributed by atoms with van der Waals surface area (Å²) >= 11 is 3.80. The zero-order chi connectivity index (χ0) is 18.0. The van der Waals surface area contributed by atoms with E-state index in [9.17, 15) is 0 Å². The Kier molecular flexibility index (Phi) is 3.06.